The second-order valence-electron chi connectivity index (χ2n) is 4.46. The summed E-state index contributed by atoms with van der Waals surface area (Å²) in [5.74, 6) is 0.0541. The molecule has 2 N–H and O–H groups in total. The van der Waals surface area contributed by atoms with E-state index in [1.807, 2.05) is 12.1 Å². The number of hydrogen-bond donors (Lipinski definition) is 2. The molecule has 3 rings (SSSR count). The lowest BCUT2D eigenvalue weighted by Gasteiger charge is -2.12. The molecule has 1 atom stereocenters. The molecule has 0 aromatic heterocycles. The van der Waals surface area contributed by atoms with Gasteiger partial charge >= 0.3 is 5.97 Å². The maximum absolute atomic E-state index is 11.8. The standard InChI is InChI=1S/C15H10BrNO4/c16-13(9-5-7-10(8-6-9)17(19)20)14-11-3-1-2-4-12(11)15(18)21-14/h1-8,17,19H/b14-13+. The van der Waals surface area contributed by atoms with E-state index in [0.717, 1.165) is 11.1 Å². The van der Waals surface area contributed by atoms with Gasteiger partial charge < -0.3 is 9.94 Å². The maximum Gasteiger partial charge on any atom is 0.344 e. The van der Waals surface area contributed by atoms with Crippen LogP contribution in [0.3, 0.4) is 0 Å². The number of esters is 1. The van der Waals surface area contributed by atoms with Crippen LogP contribution in [0.1, 0.15) is 21.5 Å². The van der Waals surface area contributed by atoms with E-state index in [2.05, 4.69) is 15.9 Å². The van der Waals surface area contributed by atoms with Crippen molar-refractivity contribution in [1.82, 2.24) is 0 Å². The minimum Gasteiger partial charge on any atom is -0.595 e. The van der Waals surface area contributed by atoms with Gasteiger partial charge in [-0.25, -0.2) is 10.0 Å². The highest BCUT2D eigenvalue weighted by molar-refractivity contribution is 9.15. The van der Waals surface area contributed by atoms with E-state index >= 15 is 0 Å². The van der Waals surface area contributed by atoms with Crippen molar-refractivity contribution in [2.45, 2.75) is 0 Å². The summed E-state index contributed by atoms with van der Waals surface area (Å²) in [5.41, 5.74) is 2.18. The van der Waals surface area contributed by atoms with Crippen LogP contribution in [0.4, 0.5) is 5.69 Å². The molecule has 2 aromatic rings. The summed E-state index contributed by atoms with van der Waals surface area (Å²) in [7, 11) is 0. The number of hydrogen-bond acceptors (Lipinski definition) is 4. The second-order valence-corrected chi connectivity index (χ2v) is 5.25. The van der Waals surface area contributed by atoms with Gasteiger partial charge in [-0.3, -0.25) is 0 Å². The lowest BCUT2D eigenvalue weighted by Crippen LogP contribution is -2.99. The van der Waals surface area contributed by atoms with Gasteiger partial charge in [-0.2, -0.15) is 5.23 Å². The van der Waals surface area contributed by atoms with Gasteiger partial charge in [0.1, 0.15) is 0 Å². The first-order chi connectivity index (χ1) is 10.1. The zero-order valence-electron chi connectivity index (χ0n) is 10.7. The summed E-state index contributed by atoms with van der Waals surface area (Å²) in [6.07, 6.45) is 0. The van der Waals surface area contributed by atoms with Crippen LogP contribution in [0.2, 0.25) is 0 Å². The molecule has 21 heavy (non-hydrogen) atoms. The van der Waals surface area contributed by atoms with Gasteiger partial charge in [-0.1, -0.05) is 18.2 Å². The Labute approximate surface area is 128 Å². The van der Waals surface area contributed by atoms with Crippen molar-refractivity contribution in [3.05, 3.63) is 70.4 Å². The Morgan fingerprint density at radius 1 is 1.10 bits per heavy atom. The van der Waals surface area contributed by atoms with Crippen LogP contribution in [0.25, 0.3) is 10.2 Å². The van der Waals surface area contributed by atoms with Gasteiger partial charge in [0.25, 0.3) is 0 Å². The van der Waals surface area contributed by atoms with E-state index in [9.17, 15) is 10.0 Å². The smallest absolute Gasteiger partial charge is 0.344 e. The van der Waals surface area contributed by atoms with E-state index in [1.54, 1.807) is 24.3 Å². The van der Waals surface area contributed by atoms with Crippen LogP contribution in [0.15, 0.2) is 48.5 Å². The number of carbonyl (C=O) groups is 1. The summed E-state index contributed by atoms with van der Waals surface area (Å²) in [4.78, 5) is 11.8. The van der Waals surface area contributed by atoms with Crippen LogP contribution < -0.4 is 5.23 Å². The summed E-state index contributed by atoms with van der Waals surface area (Å²) in [5, 5.41) is 18.8. The fourth-order valence-electron chi connectivity index (χ4n) is 2.12. The molecule has 6 heteroatoms. The number of fused-ring (bicyclic) bond motifs is 1. The van der Waals surface area contributed by atoms with Crippen LogP contribution in [0, 0.1) is 5.21 Å². The van der Waals surface area contributed by atoms with Crippen LogP contribution in [-0.4, -0.2) is 11.2 Å². The van der Waals surface area contributed by atoms with Crippen molar-refractivity contribution in [3.8, 4) is 0 Å². The van der Waals surface area contributed by atoms with Crippen molar-refractivity contribution in [1.29, 1.82) is 0 Å². The number of halogens is 1. The summed E-state index contributed by atoms with van der Waals surface area (Å²) in [6, 6.07) is 13.4. The Morgan fingerprint density at radius 2 is 1.71 bits per heavy atom. The average molecular weight is 348 g/mol. The van der Waals surface area contributed by atoms with Crippen LogP contribution >= 0.6 is 15.9 Å². The molecule has 1 aliphatic heterocycles. The fourth-order valence-corrected chi connectivity index (χ4v) is 2.67. The lowest BCUT2D eigenvalue weighted by molar-refractivity contribution is -0.991. The maximum atomic E-state index is 11.8. The van der Waals surface area contributed by atoms with Crippen molar-refractivity contribution in [2.75, 3.05) is 0 Å². The molecule has 0 bridgehead atoms. The Bertz CT molecular complexity index is 738. The lowest BCUT2D eigenvalue weighted by atomic mass is 10.1. The molecule has 1 unspecified atom stereocenters. The van der Waals surface area contributed by atoms with Gasteiger partial charge in [-0.15, -0.1) is 0 Å². The summed E-state index contributed by atoms with van der Waals surface area (Å²) in [6.45, 7) is 0. The molecule has 1 aliphatic rings. The quantitative estimate of drug-likeness (QED) is 0.646. The molecule has 106 valence electrons. The first kappa shape index (κ1) is 14.0. The van der Waals surface area contributed by atoms with Gasteiger partial charge in [0.15, 0.2) is 11.4 Å². The van der Waals surface area contributed by atoms with Crippen molar-refractivity contribution in [3.63, 3.8) is 0 Å². The van der Waals surface area contributed by atoms with Gasteiger partial charge in [0.2, 0.25) is 0 Å². The monoisotopic (exact) mass is 347 g/mol. The highest BCUT2D eigenvalue weighted by atomic mass is 79.9. The molecule has 0 fully saturated rings. The minimum absolute atomic E-state index is 0.202. The summed E-state index contributed by atoms with van der Waals surface area (Å²) >= 11 is 3.43. The Hall–Kier alpha value is -1.99. The molecule has 0 spiro atoms. The van der Waals surface area contributed by atoms with Gasteiger partial charge in [-0.05, 0) is 39.7 Å². The predicted octanol–water partition coefficient (Wildman–Crippen LogP) is 2.48. The van der Waals surface area contributed by atoms with Crippen molar-refractivity contribution >= 4 is 37.8 Å². The van der Waals surface area contributed by atoms with E-state index in [4.69, 9.17) is 9.94 Å². The number of quaternary nitrogens is 1. The normalized spacial score (nSPS) is 17.2. The van der Waals surface area contributed by atoms with E-state index in [1.165, 1.54) is 12.1 Å². The molecule has 1 heterocycles. The molecular weight excluding hydrogens is 338 g/mol. The fraction of sp³-hybridized carbons (Fsp3) is 0. The largest absolute Gasteiger partial charge is 0.595 e. The zero-order chi connectivity index (χ0) is 15.0. The van der Waals surface area contributed by atoms with Crippen LogP contribution in [-0.2, 0) is 4.74 Å². The number of carbonyl (C=O) groups excluding carboxylic acids is 1. The molecule has 0 saturated carbocycles. The Kier molecular flexibility index (Phi) is 3.60. The van der Waals surface area contributed by atoms with Crippen molar-refractivity contribution < 1.29 is 20.0 Å². The van der Waals surface area contributed by atoms with Gasteiger partial charge in [0.05, 0.1) is 10.0 Å². The minimum atomic E-state index is -0.983. The molecule has 0 radical (unpaired) electrons. The number of ether oxygens (including phenoxy) is 1. The third kappa shape index (κ3) is 2.50. The highest BCUT2D eigenvalue weighted by Gasteiger charge is 2.28. The van der Waals surface area contributed by atoms with E-state index in [0.29, 0.717) is 15.8 Å². The molecule has 2 aromatic carbocycles. The number of benzene rings is 2. The molecule has 0 aliphatic carbocycles. The molecular formula is C15H10BrNO4. The van der Waals surface area contributed by atoms with E-state index < -0.39 is 5.23 Å². The predicted molar refractivity (Wildman–Crippen MR) is 79.8 cm³/mol. The molecule has 0 amide bonds. The van der Waals surface area contributed by atoms with Crippen LogP contribution in [0.5, 0.6) is 0 Å². The zero-order valence-corrected chi connectivity index (χ0v) is 12.3. The Balaban J connectivity index is 2.05. The number of cyclic esters (lactones) is 1. The SMILES string of the molecule is O=C1O/C(=C(/Br)c2ccc([NH+]([O-])O)cc2)c2ccccc21. The third-order valence-corrected chi connectivity index (χ3v) is 3.99. The number of rotatable bonds is 2. The second kappa shape index (κ2) is 5.42. The summed E-state index contributed by atoms with van der Waals surface area (Å²) < 4.78 is 5.91. The third-order valence-electron chi connectivity index (χ3n) is 3.17. The van der Waals surface area contributed by atoms with Crippen molar-refractivity contribution in [2.24, 2.45) is 0 Å². The number of nitrogens with one attached hydrogen (secondary N) is 1. The van der Waals surface area contributed by atoms with E-state index in [-0.39, 0.29) is 11.7 Å². The highest BCUT2D eigenvalue weighted by Crippen LogP contribution is 2.38. The Morgan fingerprint density at radius 3 is 2.33 bits per heavy atom. The molecule has 0 saturated heterocycles. The first-order valence-corrected chi connectivity index (χ1v) is 6.92. The molecule has 5 nitrogen and oxygen atoms in total. The average Bonchev–Trinajstić information content (AvgIpc) is 2.84. The van der Waals surface area contributed by atoms with Gasteiger partial charge in [0, 0.05) is 17.7 Å². The first-order valence-electron chi connectivity index (χ1n) is 6.13. The topological polar surface area (TPSA) is 74.0 Å².